The second kappa shape index (κ2) is 4.05. The Labute approximate surface area is 104 Å². The maximum absolute atomic E-state index is 10.6. The van der Waals surface area contributed by atoms with Crippen molar-refractivity contribution in [3.8, 4) is 6.07 Å². The molecule has 0 spiro atoms. The second-order valence-corrected chi connectivity index (χ2v) is 3.83. The van der Waals surface area contributed by atoms with E-state index in [1.165, 1.54) is 23.0 Å². The number of hydrogen-bond acceptors (Lipinski definition) is 4. The Morgan fingerprint density at radius 3 is 3.00 bits per heavy atom. The Morgan fingerprint density at radius 2 is 2.44 bits per heavy atom. The van der Waals surface area contributed by atoms with Gasteiger partial charge in [0.2, 0.25) is 0 Å². The zero-order valence-electron chi connectivity index (χ0n) is 7.92. The molecule has 6 nitrogen and oxygen atoms in total. The van der Waals surface area contributed by atoms with E-state index in [9.17, 15) is 10.1 Å². The summed E-state index contributed by atoms with van der Waals surface area (Å²) < 4.78 is 2.03. The van der Waals surface area contributed by atoms with Gasteiger partial charge in [-0.15, -0.1) is 0 Å². The highest BCUT2D eigenvalue weighted by Gasteiger charge is 2.14. The van der Waals surface area contributed by atoms with Crippen LogP contribution >= 0.6 is 22.6 Å². The molecule has 0 atom stereocenters. The lowest BCUT2D eigenvalue weighted by Crippen LogP contribution is -1.96. The SMILES string of the molecule is N#Cc1cnn2cc([N+](=O)[O-])cc2c1CI. The molecule has 0 saturated carbocycles. The molecule has 16 heavy (non-hydrogen) atoms. The van der Waals surface area contributed by atoms with Crippen molar-refractivity contribution in [2.24, 2.45) is 0 Å². The van der Waals surface area contributed by atoms with Crippen molar-refractivity contribution in [1.29, 1.82) is 5.26 Å². The highest BCUT2D eigenvalue weighted by molar-refractivity contribution is 14.1. The van der Waals surface area contributed by atoms with Crippen LogP contribution in [0, 0.1) is 21.4 Å². The van der Waals surface area contributed by atoms with Gasteiger partial charge in [-0.05, 0) is 0 Å². The smallest absolute Gasteiger partial charge is 0.258 e. The van der Waals surface area contributed by atoms with E-state index in [1.54, 1.807) is 0 Å². The minimum Gasteiger partial charge on any atom is -0.258 e. The lowest BCUT2D eigenvalue weighted by molar-refractivity contribution is -0.384. The first kappa shape index (κ1) is 10.8. The summed E-state index contributed by atoms with van der Waals surface area (Å²) in [6, 6.07) is 3.46. The number of nitrogens with zero attached hydrogens (tertiary/aromatic N) is 4. The molecule has 0 fully saturated rings. The van der Waals surface area contributed by atoms with Gasteiger partial charge in [0.15, 0.2) is 0 Å². The molecule has 0 aliphatic rings. The molecule has 2 rings (SSSR count). The van der Waals surface area contributed by atoms with Crippen LogP contribution in [0.5, 0.6) is 0 Å². The van der Waals surface area contributed by atoms with E-state index in [-0.39, 0.29) is 5.69 Å². The van der Waals surface area contributed by atoms with Gasteiger partial charge in [0.25, 0.3) is 5.69 Å². The average Bonchev–Trinajstić information content (AvgIpc) is 2.71. The maximum Gasteiger partial charge on any atom is 0.289 e. The predicted octanol–water partition coefficient (Wildman–Crippen LogP) is 2.05. The lowest BCUT2D eigenvalue weighted by atomic mass is 10.2. The van der Waals surface area contributed by atoms with E-state index >= 15 is 0 Å². The predicted molar refractivity (Wildman–Crippen MR) is 64.3 cm³/mol. The molecular weight excluding hydrogens is 323 g/mol. The Morgan fingerprint density at radius 1 is 1.69 bits per heavy atom. The number of rotatable bonds is 2. The van der Waals surface area contributed by atoms with Gasteiger partial charge in [-0.2, -0.15) is 10.4 Å². The van der Waals surface area contributed by atoms with Crippen LogP contribution < -0.4 is 0 Å². The summed E-state index contributed by atoms with van der Waals surface area (Å²) in [7, 11) is 0. The van der Waals surface area contributed by atoms with Crippen molar-refractivity contribution >= 4 is 33.8 Å². The largest absolute Gasteiger partial charge is 0.289 e. The second-order valence-electron chi connectivity index (χ2n) is 3.07. The molecule has 0 aromatic carbocycles. The van der Waals surface area contributed by atoms with Gasteiger partial charge in [-0.3, -0.25) is 10.1 Å². The summed E-state index contributed by atoms with van der Waals surface area (Å²) in [5.74, 6) is 0. The van der Waals surface area contributed by atoms with Crippen molar-refractivity contribution in [2.45, 2.75) is 4.43 Å². The zero-order valence-corrected chi connectivity index (χ0v) is 10.1. The van der Waals surface area contributed by atoms with Crippen LogP contribution in [0.1, 0.15) is 11.1 Å². The van der Waals surface area contributed by atoms with Gasteiger partial charge in [0.1, 0.15) is 12.3 Å². The fourth-order valence-electron chi connectivity index (χ4n) is 1.43. The van der Waals surface area contributed by atoms with Gasteiger partial charge < -0.3 is 0 Å². The summed E-state index contributed by atoms with van der Waals surface area (Å²) in [4.78, 5) is 10.1. The molecule has 0 N–H and O–H groups in total. The van der Waals surface area contributed by atoms with Crippen LogP contribution in [0.4, 0.5) is 5.69 Å². The fraction of sp³-hybridized carbons (Fsp3) is 0.111. The van der Waals surface area contributed by atoms with Crippen molar-refractivity contribution in [2.75, 3.05) is 0 Å². The summed E-state index contributed by atoms with van der Waals surface area (Å²) in [6.45, 7) is 0. The number of aromatic nitrogens is 2. The highest BCUT2D eigenvalue weighted by Crippen LogP contribution is 2.23. The van der Waals surface area contributed by atoms with Crippen molar-refractivity contribution in [1.82, 2.24) is 9.61 Å². The molecule has 80 valence electrons. The average molecular weight is 328 g/mol. The Hall–Kier alpha value is -1.69. The monoisotopic (exact) mass is 328 g/mol. The minimum atomic E-state index is -0.475. The highest BCUT2D eigenvalue weighted by atomic mass is 127. The third-order valence-corrected chi connectivity index (χ3v) is 2.96. The van der Waals surface area contributed by atoms with Crippen LogP contribution in [-0.2, 0) is 4.43 Å². The third-order valence-electron chi connectivity index (χ3n) is 2.20. The standard InChI is InChI=1S/C9H5IN4O2/c10-2-8-6(3-11)4-12-13-5-7(14(15)16)1-9(8)13/h1,4-5H,2H2. The molecule has 0 aliphatic carbocycles. The Balaban J connectivity index is 2.78. The fourth-order valence-corrected chi connectivity index (χ4v) is 2.23. The summed E-state index contributed by atoms with van der Waals surface area (Å²) in [6.07, 6.45) is 2.76. The summed E-state index contributed by atoms with van der Waals surface area (Å²) >= 11 is 2.11. The van der Waals surface area contributed by atoms with Crippen LogP contribution in [-0.4, -0.2) is 14.5 Å². The third kappa shape index (κ3) is 1.61. The zero-order chi connectivity index (χ0) is 11.7. The molecule has 0 aliphatic heterocycles. The molecule has 0 bridgehead atoms. The molecule has 2 heterocycles. The normalized spacial score (nSPS) is 10.2. The molecule has 0 amide bonds. The topological polar surface area (TPSA) is 84.2 Å². The Kier molecular flexibility index (Phi) is 2.74. The van der Waals surface area contributed by atoms with Gasteiger partial charge in [0, 0.05) is 16.1 Å². The molecule has 7 heteroatoms. The first-order valence-electron chi connectivity index (χ1n) is 4.28. The van der Waals surface area contributed by atoms with E-state index in [1.807, 2.05) is 6.07 Å². The molecule has 0 unspecified atom stereocenters. The molecule has 0 saturated heterocycles. The summed E-state index contributed by atoms with van der Waals surface area (Å²) in [5.41, 5.74) is 1.81. The lowest BCUT2D eigenvalue weighted by Gasteiger charge is -2.01. The van der Waals surface area contributed by atoms with Crippen molar-refractivity contribution in [3.05, 3.63) is 39.7 Å². The van der Waals surface area contributed by atoms with E-state index < -0.39 is 4.92 Å². The van der Waals surface area contributed by atoms with Crippen LogP contribution in [0.2, 0.25) is 0 Å². The number of nitriles is 1. The minimum absolute atomic E-state index is 0.0197. The van der Waals surface area contributed by atoms with Crippen LogP contribution in [0.3, 0.4) is 0 Å². The van der Waals surface area contributed by atoms with Crippen LogP contribution in [0.15, 0.2) is 18.5 Å². The molecular formula is C9H5IN4O2. The molecule has 2 aromatic rings. The number of hydrogen-bond donors (Lipinski definition) is 0. The van der Waals surface area contributed by atoms with Gasteiger partial charge in [-0.25, -0.2) is 4.52 Å². The number of alkyl halides is 1. The van der Waals surface area contributed by atoms with Crippen molar-refractivity contribution < 1.29 is 4.92 Å². The molecule has 2 aromatic heterocycles. The number of halogens is 1. The van der Waals surface area contributed by atoms with E-state index in [2.05, 4.69) is 27.7 Å². The maximum atomic E-state index is 10.6. The van der Waals surface area contributed by atoms with E-state index in [0.717, 1.165) is 5.56 Å². The number of fused-ring (bicyclic) bond motifs is 1. The quantitative estimate of drug-likeness (QED) is 0.365. The van der Waals surface area contributed by atoms with Gasteiger partial charge >= 0.3 is 0 Å². The van der Waals surface area contributed by atoms with E-state index in [0.29, 0.717) is 15.5 Å². The summed E-state index contributed by atoms with van der Waals surface area (Å²) in [5, 5.41) is 23.5. The van der Waals surface area contributed by atoms with Crippen LogP contribution in [0.25, 0.3) is 5.52 Å². The number of nitro groups is 1. The first-order valence-corrected chi connectivity index (χ1v) is 5.80. The van der Waals surface area contributed by atoms with Gasteiger partial charge in [0.05, 0.1) is 22.2 Å². The molecule has 0 radical (unpaired) electrons. The first-order chi connectivity index (χ1) is 7.67. The van der Waals surface area contributed by atoms with Gasteiger partial charge in [-0.1, -0.05) is 22.6 Å². The Bertz CT molecular complexity index is 614. The van der Waals surface area contributed by atoms with Crippen molar-refractivity contribution in [3.63, 3.8) is 0 Å². The van der Waals surface area contributed by atoms with E-state index in [4.69, 9.17) is 5.26 Å².